The topological polar surface area (TPSA) is 80.2 Å². The van der Waals surface area contributed by atoms with E-state index in [0.717, 1.165) is 30.9 Å². The van der Waals surface area contributed by atoms with Crippen molar-refractivity contribution in [3.05, 3.63) is 66.1 Å². The van der Waals surface area contributed by atoms with E-state index in [1.165, 1.54) is 16.0 Å². The Morgan fingerprint density at radius 2 is 1.97 bits per heavy atom. The van der Waals surface area contributed by atoms with Crippen molar-refractivity contribution in [3.8, 4) is 10.4 Å². The lowest BCUT2D eigenvalue weighted by molar-refractivity contribution is 0.286. The second-order valence-electron chi connectivity index (χ2n) is 9.31. The molecule has 1 aliphatic rings. The van der Waals surface area contributed by atoms with Crippen LogP contribution in [0.1, 0.15) is 51.4 Å². The van der Waals surface area contributed by atoms with Gasteiger partial charge in [0.2, 0.25) is 0 Å². The Morgan fingerprint density at radius 1 is 1.32 bits per heavy atom. The minimum Gasteiger partial charge on any atom is -0.385 e. The molecule has 2 heterocycles. The first kappa shape index (κ1) is 25.1. The van der Waals surface area contributed by atoms with Gasteiger partial charge < -0.3 is 21.7 Å². The van der Waals surface area contributed by atoms with E-state index in [9.17, 15) is 0 Å². The van der Waals surface area contributed by atoms with Crippen molar-refractivity contribution in [2.24, 2.45) is 16.9 Å². The number of nitrogens with two attached hydrogens (primary N) is 2. The quantitative estimate of drug-likeness (QED) is 0.599. The van der Waals surface area contributed by atoms with Gasteiger partial charge in [-0.1, -0.05) is 58.2 Å². The van der Waals surface area contributed by atoms with Gasteiger partial charge >= 0.3 is 0 Å². The first-order valence-electron chi connectivity index (χ1n) is 10.9. The van der Waals surface area contributed by atoms with Gasteiger partial charge in [0.05, 0.1) is 16.1 Å². The summed E-state index contributed by atoms with van der Waals surface area (Å²) < 4.78 is 0. The molecule has 0 bridgehead atoms. The number of likely N-dealkylation sites (tertiary alicyclic amines) is 1. The van der Waals surface area contributed by atoms with E-state index in [0.29, 0.717) is 12.1 Å². The van der Waals surface area contributed by atoms with Gasteiger partial charge in [-0.25, -0.2) is 4.98 Å². The van der Waals surface area contributed by atoms with E-state index in [1.54, 1.807) is 17.5 Å². The maximum Gasteiger partial charge on any atom is 0.0801 e. The van der Waals surface area contributed by atoms with Crippen molar-refractivity contribution in [2.45, 2.75) is 59.2 Å². The molecule has 0 aliphatic carbocycles. The van der Waals surface area contributed by atoms with Crippen LogP contribution < -0.4 is 16.8 Å². The molecule has 3 atom stereocenters. The number of aryl methyl sites for hydroxylation is 1. The Morgan fingerprint density at radius 3 is 2.42 bits per heavy atom. The lowest BCUT2D eigenvalue weighted by Gasteiger charge is -2.34. The number of thiazole rings is 1. The molecule has 6 heteroatoms. The van der Waals surface area contributed by atoms with Gasteiger partial charge in [0.25, 0.3) is 0 Å². The maximum absolute atomic E-state index is 6.14. The molecule has 1 fully saturated rings. The molecule has 1 aliphatic heterocycles. The van der Waals surface area contributed by atoms with Gasteiger partial charge in [-0.2, -0.15) is 0 Å². The second-order valence-corrected chi connectivity index (χ2v) is 10.2. The highest BCUT2D eigenvalue weighted by Gasteiger charge is 2.29. The number of hydrogen-bond acceptors (Lipinski definition) is 6. The van der Waals surface area contributed by atoms with Crippen LogP contribution in [0.15, 0.2) is 54.8 Å². The van der Waals surface area contributed by atoms with E-state index in [-0.39, 0.29) is 11.5 Å². The molecule has 31 heavy (non-hydrogen) atoms. The Labute approximate surface area is 192 Å². The predicted molar refractivity (Wildman–Crippen MR) is 135 cm³/mol. The number of nitrogens with one attached hydrogen (secondary N) is 1. The molecule has 3 unspecified atom stereocenters. The third-order valence-corrected chi connectivity index (χ3v) is 6.69. The Kier molecular flexibility index (Phi) is 8.86. The molecule has 0 amide bonds. The van der Waals surface area contributed by atoms with E-state index >= 15 is 0 Å². The number of hydrogen-bond donors (Lipinski definition) is 3. The zero-order chi connectivity index (χ0) is 23.2. The van der Waals surface area contributed by atoms with Crippen LogP contribution in [-0.2, 0) is 0 Å². The fraction of sp³-hybridized carbons (Fsp3) is 0.480. The van der Waals surface area contributed by atoms with Gasteiger partial charge in [-0.15, -0.1) is 11.3 Å². The third kappa shape index (κ3) is 6.92. The van der Waals surface area contributed by atoms with Crippen LogP contribution in [-0.4, -0.2) is 35.1 Å². The highest BCUT2D eigenvalue weighted by atomic mass is 32.1. The summed E-state index contributed by atoms with van der Waals surface area (Å²) in [5.41, 5.74) is 18.6. The number of rotatable bonds is 6. The summed E-state index contributed by atoms with van der Waals surface area (Å²) in [6, 6.07) is 9.20. The molecule has 5 N–H and O–H groups in total. The van der Waals surface area contributed by atoms with Crippen LogP contribution in [0.25, 0.3) is 10.4 Å². The molecule has 0 spiro atoms. The minimum absolute atomic E-state index is 0.0211. The van der Waals surface area contributed by atoms with Gasteiger partial charge in [0, 0.05) is 36.9 Å². The Balaban J connectivity index is 0.000000225. The van der Waals surface area contributed by atoms with Crippen LogP contribution in [0, 0.1) is 12.3 Å². The lowest BCUT2D eigenvalue weighted by Crippen LogP contribution is -2.42. The van der Waals surface area contributed by atoms with Gasteiger partial charge in [-0.3, -0.25) is 0 Å². The molecule has 0 radical (unpaired) electrons. The summed E-state index contributed by atoms with van der Waals surface area (Å²) in [6.07, 6.45) is 2.78. The number of aromatic nitrogens is 1. The van der Waals surface area contributed by atoms with Crippen molar-refractivity contribution in [2.75, 3.05) is 13.1 Å². The molecule has 1 aromatic carbocycles. The first-order valence-corrected chi connectivity index (χ1v) is 11.7. The standard InChI is InChI=1S/C14H16N2S.C11H23N3/c1-4-15-10(2)12-5-7-13(8-6-12)14-11(3)16-9-17-14;1-8(10(13)11(2,3)4)14-6-5-9(12)7-14/h4-10,15H,1H2,2-3H3;9-10H,1,5-7,12-13H2,2-4H3. The predicted octanol–water partition coefficient (Wildman–Crippen LogP) is 4.82. The maximum atomic E-state index is 6.14. The van der Waals surface area contributed by atoms with Crippen LogP contribution in [0.5, 0.6) is 0 Å². The highest BCUT2D eigenvalue weighted by Crippen LogP contribution is 2.28. The molecule has 3 rings (SSSR count). The number of nitrogens with zero attached hydrogens (tertiary/aromatic N) is 2. The molecular formula is C25H39N5S. The zero-order valence-corrected chi connectivity index (χ0v) is 20.5. The smallest absolute Gasteiger partial charge is 0.0801 e. The molecule has 1 aromatic heterocycles. The van der Waals surface area contributed by atoms with E-state index in [1.807, 2.05) is 12.4 Å². The monoisotopic (exact) mass is 441 g/mol. The van der Waals surface area contributed by atoms with Gasteiger partial charge in [0.1, 0.15) is 0 Å². The van der Waals surface area contributed by atoms with Crippen LogP contribution in [0.3, 0.4) is 0 Å². The average molecular weight is 442 g/mol. The van der Waals surface area contributed by atoms with Crippen molar-refractivity contribution >= 4 is 11.3 Å². The molecule has 2 aromatic rings. The van der Waals surface area contributed by atoms with Crippen molar-refractivity contribution in [1.29, 1.82) is 0 Å². The second kappa shape index (κ2) is 10.9. The van der Waals surface area contributed by atoms with Crippen molar-refractivity contribution < 1.29 is 0 Å². The Bertz CT molecular complexity index is 850. The largest absolute Gasteiger partial charge is 0.385 e. The third-order valence-electron chi connectivity index (χ3n) is 5.71. The van der Waals surface area contributed by atoms with Crippen molar-refractivity contribution in [3.63, 3.8) is 0 Å². The fourth-order valence-corrected chi connectivity index (χ4v) is 4.33. The summed E-state index contributed by atoms with van der Waals surface area (Å²) in [4.78, 5) is 7.75. The molecule has 0 saturated carbocycles. The van der Waals surface area contributed by atoms with Gasteiger partial charge in [-0.05, 0) is 43.0 Å². The fourth-order valence-electron chi connectivity index (χ4n) is 3.52. The van der Waals surface area contributed by atoms with Crippen LogP contribution in [0.4, 0.5) is 0 Å². The summed E-state index contributed by atoms with van der Waals surface area (Å²) in [5, 5.41) is 3.18. The van der Waals surface area contributed by atoms with E-state index in [4.69, 9.17) is 11.5 Å². The number of benzene rings is 1. The van der Waals surface area contributed by atoms with E-state index in [2.05, 4.69) is 80.3 Å². The molecule has 170 valence electrons. The van der Waals surface area contributed by atoms with Crippen LogP contribution >= 0.6 is 11.3 Å². The van der Waals surface area contributed by atoms with Crippen molar-refractivity contribution in [1.82, 2.24) is 15.2 Å². The van der Waals surface area contributed by atoms with Gasteiger partial charge in [0.15, 0.2) is 0 Å². The zero-order valence-electron chi connectivity index (χ0n) is 19.7. The summed E-state index contributed by atoms with van der Waals surface area (Å²) >= 11 is 1.68. The highest BCUT2D eigenvalue weighted by molar-refractivity contribution is 7.13. The van der Waals surface area contributed by atoms with E-state index < -0.39 is 0 Å². The first-order chi connectivity index (χ1) is 14.5. The van der Waals surface area contributed by atoms with Crippen LogP contribution in [0.2, 0.25) is 0 Å². The summed E-state index contributed by atoms with van der Waals surface area (Å²) in [6.45, 7) is 20.2. The Hall–Kier alpha value is -2.15. The molecule has 1 saturated heterocycles. The molecular weight excluding hydrogens is 402 g/mol. The lowest BCUT2D eigenvalue weighted by atomic mass is 9.85. The minimum atomic E-state index is 0.0211. The SMILES string of the molecule is C=C(C(N)C(C)(C)C)N1CCC(N)C1.C=CNC(C)c1ccc(-c2scnc2C)cc1. The summed E-state index contributed by atoms with van der Waals surface area (Å²) in [5.74, 6) is 0. The summed E-state index contributed by atoms with van der Waals surface area (Å²) in [7, 11) is 0. The normalized spacial score (nSPS) is 18.0. The average Bonchev–Trinajstić information content (AvgIpc) is 3.35. The molecule has 5 nitrogen and oxygen atoms in total.